The SMILES string of the molecule is O=C(c1ccn(-c2ccc(F)cc2)n1)N1CCCc2cc(Br)cc(F)c21. The van der Waals surface area contributed by atoms with Crippen LogP contribution in [0.25, 0.3) is 5.69 Å². The number of carbonyl (C=O) groups excluding carboxylic acids is 1. The van der Waals surface area contributed by atoms with Crippen molar-refractivity contribution in [1.29, 1.82) is 0 Å². The first-order chi connectivity index (χ1) is 12.5. The number of amides is 1. The minimum Gasteiger partial charge on any atom is -0.304 e. The molecule has 0 atom stereocenters. The summed E-state index contributed by atoms with van der Waals surface area (Å²) < 4.78 is 29.7. The van der Waals surface area contributed by atoms with E-state index in [1.807, 2.05) is 6.07 Å². The lowest BCUT2D eigenvalue weighted by atomic mass is 10.0. The number of rotatable bonds is 2. The van der Waals surface area contributed by atoms with E-state index in [9.17, 15) is 13.6 Å². The van der Waals surface area contributed by atoms with Gasteiger partial charge in [-0.3, -0.25) is 4.79 Å². The molecule has 0 fully saturated rings. The second-order valence-corrected chi connectivity index (χ2v) is 6.99. The monoisotopic (exact) mass is 417 g/mol. The Morgan fingerprint density at radius 1 is 1.12 bits per heavy atom. The highest BCUT2D eigenvalue weighted by molar-refractivity contribution is 9.10. The van der Waals surface area contributed by atoms with Crippen LogP contribution in [0, 0.1) is 11.6 Å². The lowest BCUT2D eigenvalue weighted by Gasteiger charge is -2.29. The molecule has 1 aliphatic rings. The maximum atomic E-state index is 14.5. The zero-order valence-corrected chi connectivity index (χ0v) is 15.2. The molecule has 7 heteroatoms. The fourth-order valence-corrected chi connectivity index (χ4v) is 3.65. The molecule has 2 heterocycles. The molecule has 0 bridgehead atoms. The van der Waals surface area contributed by atoms with Crippen molar-refractivity contribution >= 4 is 27.5 Å². The Labute approximate surface area is 157 Å². The van der Waals surface area contributed by atoms with Gasteiger partial charge in [0.1, 0.15) is 11.6 Å². The van der Waals surface area contributed by atoms with Gasteiger partial charge in [0.2, 0.25) is 0 Å². The van der Waals surface area contributed by atoms with Crippen molar-refractivity contribution in [1.82, 2.24) is 9.78 Å². The van der Waals surface area contributed by atoms with Crippen LogP contribution in [0.4, 0.5) is 14.5 Å². The van der Waals surface area contributed by atoms with Crippen molar-refractivity contribution in [2.24, 2.45) is 0 Å². The molecule has 0 radical (unpaired) electrons. The number of aryl methyl sites for hydroxylation is 1. The summed E-state index contributed by atoms with van der Waals surface area (Å²) in [6, 6.07) is 10.6. The average Bonchev–Trinajstić information content (AvgIpc) is 3.11. The van der Waals surface area contributed by atoms with E-state index in [4.69, 9.17) is 0 Å². The number of hydrogen-bond acceptors (Lipinski definition) is 2. The molecule has 0 spiro atoms. The van der Waals surface area contributed by atoms with E-state index in [2.05, 4.69) is 21.0 Å². The van der Waals surface area contributed by atoms with Gasteiger partial charge < -0.3 is 4.90 Å². The van der Waals surface area contributed by atoms with E-state index >= 15 is 0 Å². The van der Waals surface area contributed by atoms with Crippen LogP contribution in [-0.4, -0.2) is 22.2 Å². The van der Waals surface area contributed by atoms with E-state index in [-0.39, 0.29) is 17.4 Å². The Hall–Kier alpha value is -2.54. The molecule has 0 N–H and O–H groups in total. The van der Waals surface area contributed by atoms with E-state index < -0.39 is 5.82 Å². The summed E-state index contributed by atoms with van der Waals surface area (Å²) in [5, 5.41) is 4.28. The molecule has 4 rings (SSSR count). The smallest absolute Gasteiger partial charge is 0.278 e. The summed E-state index contributed by atoms with van der Waals surface area (Å²) in [4.78, 5) is 14.4. The quantitative estimate of drug-likeness (QED) is 0.615. The van der Waals surface area contributed by atoms with Gasteiger partial charge in [-0.25, -0.2) is 13.5 Å². The van der Waals surface area contributed by atoms with Crippen LogP contribution in [0.3, 0.4) is 0 Å². The first-order valence-corrected chi connectivity index (χ1v) is 8.93. The number of nitrogens with zero attached hydrogens (tertiary/aromatic N) is 3. The number of aromatic nitrogens is 2. The van der Waals surface area contributed by atoms with Crippen molar-refractivity contribution in [3.8, 4) is 5.69 Å². The van der Waals surface area contributed by atoms with E-state index in [0.717, 1.165) is 18.4 Å². The Kier molecular flexibility index (Phi) is 4.32. The Balaban J connectivity index is 1.67. The molecule has 1 amide bonds. The molecular formula is C19H14BrF2N3O. The molecule has 1 aromatic heterocycles. The second-order valence-electron chi connectivity index (χ2n) is 6.08. The van der Waals surface area contributed by atoms with Gasteiger partial charge in [-0.1, -0.05) is 15.9 Å². The molecule has 132 valence electrons. The van der Waals surface area contributed by atoms with Crippen LogP contribution in [0.1, 0.15) is 22.5 Å². The number of carbonyl (C=O) groups is 1. The van der Waals surface area contributed by atoms with Crippen LogP contribution in [0.5, 0.6) is 0 Å². The highest BCUT2D eigenvalue weighted by atomic mass is 79.9. The first kappa shape index (κ1) is 16.9. The number of fused-ring (bicyclic) bond motifs is 1. The highest BCUT2D eigenvalue weighted by Crippen LogP contribution is 2.33. The van der Waals surface area contributed by atoms with E-state index in [1.165, 1.54) is 27.8 Å². The zero-order chi connectivity index (χ0) is 18.3. The number of anilines is 1. The van der Waals surface area contributed by atoms with E-state index in [0.29, 0.717) is 22.4 Å². The van der Waals surface area contributed by atoms with Gasteiger partial charge in [0, 0.05) is 17.2 Å². The van der Waals surface area contributed by atoms with Crippen molar-refractivity contribution in [2.75, 3.05) is 11.4 Å². The predicted molar refractivity (Wildman–Crippen MR) is 97.6 cm³/mol. The third-order valence-electron chi connectivity index (χ3n) is 4.35. The highest BCUT2D eigenvalue weighted by Gasteiger charge is 2.28. The molecule has 1 aliphatic heterocycles. The summed E-state index contributed by atoms with van der Waals surface area (Å²) in [5.41, 5.74) is 1.97. The lowest BCUT2D eigenvalue weighted by Crippen LogP contribution is -2.36. The molecule has 26 heavy (non-hydrogen) atoms. The van der Waals surface area contributed by atoms with Gasteiger partial charge in [-0.05, 0) is 60.9 Å². The van der Waals surface area contributed by atoms with E-state index in [1.54, 1.807) is 24.4 Å². The fraction of sp³-hybridized carbons (Fsp3) is 0.158. The summed E-state index contributed by atoms with van der Waals surface area (Å²) >= 11 is 3.29. The second kappa shape index (κ2) is 6.64. The standard InChI is InChI=1S/C19H14BrF2N3O/c20-13-10-12-2-1-8-24(18(12)16(22)11-13)19(26)17-7-9-25(23-17)15-5-3-14(21)4-6-15/h3-7,9-11H,1-2,8H2. The lowest BCUT2D eigenvalue weighted by molar-refractivity contribution is 0.0979. The summed E-state index contributed by atoms with van der Waals surface area (Å²) in [6.45, 7) is 0.438. The average molecular weight is 418 g/mol. The predicted octanol–water partition coefficient (Wildman–Crippen LogP) is 4.51. The van der Waals surface area contributed by atoms with Crippen molar-refractivity contribution in [3.05, 3.63) is 76.0 Å². The summed E-state index contributed by atoms with van der Waals surface area (Å²) in [5.74, 6) is -1.13. The van der Waals surface area contributed by atoms with Crippen LogP contribution in [-0.2, 0) is 6.42 Å². The first-order valence-electron chi connectivity index (χ1n) is 8.14. The maximum absolute atomic E-state index is 14.5. The normalized spacial score (nSPS) is 13.6. The van der Waals surface area contributed by atoms with Gasteiger partial charge in [0.05, 0.1) is 11.4 Å². The molecular weight excluding hydrogens is 404 g/mol. The van der Waals surface area contributed by atoms with Crippen molar-refractivity contribution < 1.29 is 13.6 Å². The molecule has 0 unspecified atom stereocenters. The molecule has 4 nitrogen and oxygen atoms in total. The summed E-state index contributed by atoms with van der Waals surface area (Å²) in [7, 11) is 0. The van der Waals surface area contributed by atoms with Gasteiger partial charge >= 0.3 is 0 Å². The molecule has 0 saturated heterocycles. The minimum atomic E-state index is -0.430. The van der Waals surface area contributed by atoms with Gasteiger partial charge in [-0.2, -0.15) is 5.10 Å². The Morgan fingerprint density at radius 2 is 1.88 bits per heavy atom. The zero-order valence-electron chi connectivity index (χ0n) is 13.6. The van der Waals surface area contributed by atoms with Crippen LogP contribution in [0.2, 0.25) is 0 Å². The van der Waals surface area contributed by atoms with Crippen molar-refractivity contribution in [2.45, 2.75) is 12.8 Å². The molecule has 3 aromatic rings. The summed E-state index contributed by atoms with van der Waals surface area (Å²) in [6.07, 6.45) is 3.11. The van der Waals surface area contributed by atoms with Gasteiger partial charge in [0.25, 0.3) is 5.91 Å². The number of halogens is 3. The largest absolute Gasteiger partial charge is 0.304 e. The van der Waals surface area contributed by atoms with Gasteiger partial charge in [0.15, 0.2) is 5.69 Å². The number of hydrogen-bond donors (Lipinski definition) is 0. The van der Waals surface area contributed by atoms with Crippen LogP contribution >= 0.6 is 15.9 Å². The third kappa shape index (κ3) is 3.03. The number of benzene rings is 2. The third-order valence-corrected chi connectivity index (χ3v) is 4.81. The Bertz CT molecular complexity index is 985. The van der Waals surface area contributed by atoms with Crippen molar-refractivity contribution in [3.63, 3.8) is 0 Å². The molecule has 0 aliphatic carbocycles. The van der Waals surface area contributed by atoms with Crippen LogP contribution in [0.15, 0.2) is 53.1 Å². The van der Waals surface area contributed by atoms with Crippen LogP contribution < -0.4 is 4.90 Å². The minimum absolute atomic E-state index is 0.212. The topological polar surface area (TPSA) is 38.1 Å². The Morgan fingerprint density at radius 3 is 2.65 bits per heavy atom. The maximum Gasteiger partial charge on any atom is 0.278 e. The molecule has 2 aromatic carbocycles. The molecule has 0 saturated carbocycles. The van der Waals surface area contributed by atoms with Gasteiger partial charge in [-0.15, -0.1) is 0 Å². The fourth-order valence-electron chi connectivity index (χ4n) is 3.17.